The van der Waals surface area contributed by atoms with E-state index in [1.54, 1.807) is 43.1 Å². The van der Waals surface area contributed by atoms with E-state index in [1.165, 1.54) is 4.57 Å². The molecule has 0 bridgehead atoms. The lowest BCUT2D eigenvalue weighted by molar-refractivity contribution is -0.140. The minimum atomic E-state index is -4.42. The van der Waals surface area contributed by atoms with Gasteiger partial charge in [-0.15, -0.1) is 11.8 Å². The number of hydrogen-bond acceptors (Lipinski definition) is 5. The summed E-state index contributed by atoms with van der Waals surface area (Å²) in [7, 11) is 3.45. The predicted molar refractivity (Wildman–Crippen MR) is 154 cm³/mol. The molecule has 1 saturated heterocycles. The van der Waals surface area contributed by atoms with Gasteiger partial charge >= 0.3 is 6.18 Å². The van der Waals surface area contributed by atoms with Gasteiger partial charge in [0, 0.05) is 29.1 Å². The monoisotopic (exact) mass is 564 g/mol. The minimum absolute atomic E-state index is 0.215. The second kappa shape index (κ2) is 13.9. The summed E-state index contributed by atoms with van der Waals surface area (Å²) < 4.78 is 61.6. The second-order valence-electron chi connectivity index (χ2n) is 9.01. The smallest absolute Gasteiger partial charge is 0.406 e. The normalized spacial score (nSPS) is 17.6. The highest BCUT2D eigenvalue weighted by Crippen LogP contribution is 2.32. The lowest BCUT2D eigenvalue weighted by atomic mass is 10.0. The van der Waals surface area contributed by atoms with E-state index in [1.807, 2.05) is 50.2 Å². The summed E-state index contributed by atoms with van der Waals surface area (Å²) >= 11 is 1.59. The lowest BCUT2D eigenvalue weighted by Gasteiger charge is -2.33. The Morgan fingerprint density at radius 3 is 2.56 bits per heavy atom. The maximum Gasteiger partial charge on any atom is 0.406 e. The van der Waals surface area contributed by atoms with Crippen LogP contribution in [0.4, 0.5) is 28.9 Å². The summed E-state index contributed by atoms with van der Waals surface area (Å²) in [5.74, 6) is 6.49. The number of fused-ring (bicyclic) bond motifs is 1. The zero-order valence-electron chi connectivity index (χ0n) is 23.0. The summed E-state index contributed by atoms with van der Waals surface area (Å²) in [6.07, 6.45) is -2.91. The molecule has 0 spiro atoms. The van der Waals surface area contributed by atoms with Crippen molar-refractivity contribution in [3.8, 4) is 17.6 Å². The molecule has 2 N–H and O–H groups in total. The second-order valence-corrected chi connectivity index (χ2v) is 9.89. The molecule has 2 unspecified atom stereocenters. The molecule has 1 aliphatic rings. The van der Waals surface area contributed by atoms with Gasteiger partial charge in [-0.05, 0) is 62.0 Å². The zero-order valence-corrected chi connectivity index (χ0v) is 23.8. The first-order valence-corrected chi connectivity index (χ1v) is 14.1. The Bertz CT molecular complexity index is 1300. The van der Waals surface area contributed by atoms with E-state index in [2.05, 4.69) is 22.5 Å². The molecule has 212 valence electrons. The SMILES string of the molecule is CC.COc1cc(SC)ccc1NCC#Cc1cc2c(NC3CCN(C)CC3F)cccc2n1CC(F)(F)F. The van der Waals surface area contributed by atoms with Gasteiger partial charge in [-0.1, -0.05) is 25.8 Å². The third-order valence-corrected chi connectivity index (χ3v) is 7.09. The van der Waals surface area contributed by atoms with Crippen LogP contribution in [0.2, 0.25) is 0 Å². The summed E-state index contributed by atoms with van der Waals surface area (Å²) in [5, 5.41) is 6.99. The number of anilines is 2. The van der Waals surface area contributed by atoms with Crippen LogP contribution < -0.4 is 15.4 Å². The molecular weight excluding hydrogens is 528 g/mol. The molecule has 1 fully saturated rings. The molecule has 0 saturated carbocycles. The first-order chi connectivity index (χ1) is 18.7. The molecular formula is C29H36F4N4OS. The van der Waals surface area contributed by atoms with Crippen molar-refractivity contribution in [3.05, 3.63) is 48.2 Å². The van der Waals surface area contributed by atoms with Crippen molar-refractivity contribution in [1.29, 1.82) is 0 Å². The van der Waals surface area contributed by atoms with Crippen molar-refractivity contribution < 1.29 is 22.3 Å². The van der Waals surface area contributed by atoms with Crippen molar-refractivity contribution in [2.24, 2.45) is 0 Å². The Balaban J connectivity index is 0.00000205. The molecule has 4 rings (SSSR count). The van der Waals surface area contributed by atoms with Gasteiger partial charge in [-0.25, -0.2) is 4.39 Å². The Morgan fingerprint density at radius 2 is 1.90 bits per heavy atom. The number of aromatic nitrogens is 1. The van der Waals surface area contributed by atoms with E-state index in [0.717, 1.165) is 17.1 Å². The summed E-state index contributed by atoms with van der Waals surface area (Å²) in [5.41, 5.74) is 2.00. The van der Waals surface area contributed by atoms with Crippen LogP contribution in [0.3, 0.4) is 0 Å². The van der Waals surface area contributed by atoms with E-state index >= 15 is 0 Å². The van der Waals surface area contributed by atoms with Gasteiger partial charge in [0.2, 0.25) is 0 Å². The van der Waals surface area contributed by atoms with E-state index in [-0.39, 0.29) is 12.2 Å². The molecule has 0 aliphatic carbocycles. The number of piperidine rings is 1. The van der Waals surface area contributed by atoms with Crippen LogP contribution in [0.25, 0.3) is 10.9 Å². The zero-order chi connectivity index (χ0) is 28.6. The number of ether oxygens (including phenoxy) is 1. The molecule has 3 aromatic rings. The number of nitrogens with one attached hydrogen (secondary N) is 2. The summed E-state index contributed by atoms with van der Waals surface area (Å²) in [6, 6.07) is 12.1. The standard InChI is InChI=1S/C27H30F4N4OS.C2H6/c1-34-13-11-23(21(28)16-34)33-22-7-4-8-25-20(22)14-18(35(25)17-27(29,30)31)6-5-12-32-24-10-9-19(37-3)15-26(24)36-2;1-2/h4,7-10,14-15,21,23,32-33H,11-13,16-17H2,1-3H3;1-2H3. The van der Waals surface area contributed by atoms with Crippen LogP contribution in [0, 0.1) is 11.8 Å². The highest BCUT2D eigenvalue weighted by atomic mass is 32.2. The van der Waals surface area contributed by atoms with Gasteiger partial charge in [-0.3, -0.25) is 0 Å². The van der Waals surface area contributed by atoms with Crippen LogP contribution in [0.1, 0.15) is 26.0 Å². The summed E-state index contributed by atoms with van der Waals surface area (Å²) in [4.78, 5) is 2.98. The number of methoxy groups -OCH3 is 1. The largest absolute Gasteiger partial charge is 0.495 e. The van der Waals surface area contributed by atoms with Crippen LogP contribution in [-0.2, 0) is 6.54 Å². The van der Waals surface area contributed by atoms with Crippen LogP contribution >= 0.6 is 11.8 Å². The Morgan fingerprint density at radius 1 is 1.13 bits per heavy atom. The molecule has 39 heavy (non-hydrogen) atoms. The number of nitrogens with zero attached hydrogens (tertiary/aromatic N) is 2. The number of halogens is 4. The van der Waals surface area contributed by atoms with Gasteiger partial charge in [0.1, 0.15) is 18.5 Å². The fourth-order valence-electron chi connectivity index (χ4n) is 4.50. The Hall–Kier alpha value is -3.03. The first-order valence-electron chi connectivity index (χ1n) is 12.9. The van der Waals surface area contributed by atoms with Crippen molar-refractivity contribution in [3.63, 3.8) is 0 Å². The number of thioether (sulfide) groups is 1. The molecule has 2 atom stereocenters. The molecule has 5 nitrogen and oxygen atoms in total. The van der Waals surface area contributed by atoms with Gasteiger partial charge in [0.25, 0.3) is 0 Å². The quantitative estimate of drug-likeness (QED) is 0.186. The predicted octanol–water partition coefficient (Wildman–Crippen LogP) is 6.88. The first kappa shape index (κ1) is 30.5. The van der Waals surface area contributed by atoms with E-state index in [0.29, 0.717) is 35.3 Å². The van der Waals surface area contributed by atoms with E-state index in [4.69, 9.17) is 4.74 Å². The minimum Gasteiger partial charge on any atom is -0.495 e. The number of likely N-dealkylation sites (tertiary alicyclic amines) is 1. The Labute approximate surface area is 232 Å². The topological polar surface area (TPSA) is 41.5 Å². The summed E-state index contributed by atoms with van der Waals surface area (Å²) in [6.45, 7) is 4.11. The molecule has 2 aromatic carbocycles. The molecule has 0 amide bonds. The fraction of sp³-hybridized carbons (Fsp3) is 0.448. The molecule has 1 aliphatic heterocycles. The fourth-order valence-corrected chi connectivity index (χ4v) is 4.93. The lowest BCUT2D eigenvalue weighted by Crippen LogP contribution is -2.46. The van der Waals surface area contributed by atoms with Crippen molar-refractivity contribution in [2.45, 2.75) is 50.1 Å². The number of benzene rings is 2. The van der Waals surface area contributed by atoms with E-state index < -0.39 is 24.9 Å². The van der Waals surface area contributed by atoms with Crippen molar-refractivity contribution in [1.82, 2.24) is 9.47 Å². The van der Waals surface area contributed by atoms with Crippen LogP contribution in [0.5, 0.6) is 5.75 Å². The van der Waals surface area contributed by atoms with E-state index in [9.17, 15) is 17.6 Å². The maximum absolute atomic E-state index is 14.6. The van der Waals surface area contributed by atoms with Gasteiger partial charge in [0.15, 0.2) is 0 Å². The van der Waals surface area contributed by atoms with Gasteiger partial charge < -0.3 is 24.8 Å². The highest BCUT2D eigenvalue weighted by Gasteiger charge is 2.31. The molecule has 2 heterocycles. The molecule has 10 heteroatoms. The number of hydrogen-bond donors (Lipinski definition) is 2. The average molecular weight is 565 g/mol. The van der Waals surface area contributed by atoms with Crippen molar-refractivity contribution in [2.75, 3.05) is 50.7 Å². The van der Waals surface area contributed by atoms with Crippen LogP contribution in [-0.4, -0.2) is 67.9 Å². The maximum atomic E-state index is 14.6. The molecule has 1 aromatic heterocycles. The van der Waals surface area contributed by atoms with Gasteiger partial charge in [0.05, 0.1) is 36.6 Å². The molecule has 0 radical (unpaired) electrons. The Kier molecular flexibility index (Phi) is 10.8. The number of rotatable bonds is 7. The third kappa shape index (κ3) is 7.99. The number of alkyl halides is 4. The van der Waals surface area contributed by atoms with Gasteiger partial charge in [-0.2, -0.15) is 13.2 Å². The third-order valence-electron chi connectivity index (χ3n) is 6.36. The van der Waals surface area contributed by atoms with Crippen molar-refractivity contribution >= 4 is 34.0 Å². The highest BCUT2D eigenvalue weighted by molar-refractivity contribution is 7.98. The van der Waals surface area contributed by atoms with Crippen LogP contribution in [0.15, 0.2) is 47.4 Å². The average Bonchev–Trinajstić information content (AvgIpc) is 3.26.